The molecule has 0 amide bonds. The summed E-state index contributed by atoms with van der Waals surface area (Å²) in [7, 11) is 0. The highest BCUT2D eigenvalue weighted by atomic mass is 79.9. The Morgan fingerprint density at radius 2 is 2.31 bits per heavy atom. The molecular weight excluding hydrogens is 293 g/mol. The molecule has 0 aliphatic carbocycles. The van der Waals surface area contributed by atoms with E-state index in [0.29, 0.717) is 6.61 Å². The maximum absolute atomic E-state index is 5.81. The second-order valence-corrected chi connectivity index (χ2v) is 5.53. The summed E-state index contributed by atoms with van der Waals surface area (Å²) in [5, 5.41) is 0.266. The normalized spacial score (nSPS) is 19.9. The van der Waals surface area contributed by atoms with Crippen molar-refractivity contribution >= 4 is 33.3 Å². The fourth-order valence-electron chi connectivity index (χ4n) is 1.76. The zero-order chi connectivity index (χ0) is 11.8. The maximum atomic E-state index is 5.81. The predicted octanol–water partition coefficient (Wildman–Crippen LogP) is 2.51. The van der Waals surface area contributed by atoms with Crippen molar-refractivity contribution in [3.63, 3.8) is 0 Å². The molecule has 1 aromatic rings. The summed E-state index contributed by atoms with van der Waals surface area (Å²) in [6.45, 7) is 6.43. The minimum atomic E-state index is -0.158. The van der Waals surface area contributed by atoms with Crippen LogP contribution in [0.4, 0.5) is 5.82 Å². The van der Waals surface area contributed by atoms with Crippen molar-refractivity contribution in [2.24, 2.45) is 0 Å². The topological polar surface area (TPSA) is 38.2 Å². The van der Waals surface area contributed by atoms with E-state index in [1.807, 2.05) is 0 Å². The number of aromatic nitrogens is 2. The third-order valence-electron chi connectivity index (χ3n) is 2.42. The molecule has 0 bridgehead atoms. The van der Waals surface area contributed by atoms with Crippen molar-refractivity contribution in [2.45, 2.75) is 19.4 Å². The molecule has 0 spiro atoms. The lowest BCUT2D eigenvalue weighted by Crippen LogP contribution is -2.48. The molecule has 0 saturated carbocycles. The minimum absolute atomic E-state index is 0.158. The van der Waals surface area contributed by atoms with Crippen LogP contribution in [-0.2, 0) is 4.74 Å². The number of ether oxygens (including phenoxy) is 1. The lowest BCUT2D eigenvalue weighted by atomic mass is 10.1. The van der Waals surface area contributed by atoms with Crippen LogP contribution in [-0.4, -0.2) is 35.3 Å². The number of hydrogen-bond donors (Lipinski definition) is 0. The molecular formula is C10H13BrClN3O. The Morgan fingerprint density at radius 3 is 3.00 bits per heavy atom. The first-order chi connectivity index (χ1) is 7.48. The average molecular weight is 307 g/mol. The Balaban J connectivity index is 2.26. The number of morpholine rings is 1. The van der Waals surface area contributed by atoms with Gasteiger partial charge in [0.05, 0.1) is 16.7 Å². The van der Waals surface area contributed by atoms with Gasteiger partial charge in [-0.05, 0) is 41.4 Å². The molecule has 2 heterocycles. The van der Waals surface area contributed by atoms with Crippen LogP contribution in [0.1, 0.15) is 13.8 Å². The summed E-state index contributed by atoms with van der Waals surface area (Å²) in [5.74, 6) is 0.830. The highest BCUT2D eigenvalue weighted by Crippen LogP contribution is 2.28. The Morgan fingerprint density at radius 1 is 1.56 bits per heavy atom. The molecule has 0 unspecified atom stereocenters. The second-order valence-electron chi connectivity index (χ2n) is 4.34. The van der Waals surface area contributed by atoms with Gasteiger partial charge in [-0.25, -0.2) is 4.98 Å². The van der Waals surface area contributed by atoms with Crippen LogP contribution in [0.3, 0.4) is 0 Å². The fourth-order valence-corrected chi connectivity index (χ4v) is 2.33. The Kier molecular flexibility index (Phi) is 3.37. The molecule has 6 heteroatoms. The van der Waals surface area contributed by atoms with Crippen LogP contribution in [0.25, 0.3) is 0 Å². The van der Waals surface area contributed by atoms with Gasteiger partial charge in [0.1, 0.15) is 5.82 Å². The third kappa shape index (κ3) is 2.64. The van der Waals surface area contributed by atoms with Gasteiger partial charge in [-0.1, -0.05) is 0 Å². The van der Waals surface area contributed by atoms with Crippen molar-refractivity contribution in [3.8, 4) is 0 Å². The monoisotopic (exact) mass is 305 g/mol. The van der Waals surface area contributed by atoms with Crippen molar-refractivity contribution in [2.75, 3.05) is 24.6 Å². The molecule has 2 rings (SSSR count). The van der Waals surface area contributed by atoms with Gasteiger partial charge < -0.3 is 9.64 Å². The van der Waals surface area contributed by atoms with Gasteiger partial charge in [0.25, 0.3) is 0 Å². The van der Waals surface area contributed by atoms with E-state index >= 15 is 0 Å². The second kappa shape index (κ2) is 4.47. The molecule has 0 aromatic carbocycles. The smallest absolute Gasteiger partial charge is 0.224 e. The summed E-state index contributed by atoms with van der Waals surface area (Å²) in [6, 6.07) is 0. The maximum Gasteiger partial charge on any atom is 0.224 e. The fraction of sp³-hybridized carbons (Fsp3) is 0.600. The van der Waals surface area contributed by atoms with E-state index < -0.39 is 0 Å². The van der Waals surface area contributed by atoms with Gasteiger partial charge in [0.15, 0.2) is 0 Å². The molecule has 0 radical (unpaired) electrons. The van der Waals surface area contributed by atoms with E-state index in [0.717, 1.165) is 23.4 Å². The molecule has 1 aromatic heterocycles. The lowest BCUT2D eigenvalue weighted by Gasteiger charge is -2.39. The first-order valence-electron chi connectivity index (χ1n) is 5.05. The summed E-state index contributed by atoms with van der Waals surface area (Å²) < 4.78 is 6.51. The van der Waals surface area contributed by atoms with E-state index in [2.05, 4.69) is 44.6 Å². The number of nitrogens with zero attached hydrogens (tertiary/aromatic N) is 3. The number of anilines is 1. The molecule has 1 aliphatic rings. The quantitative estimate of drug-likeness (QED) is 0.747. The highest BCUT2D eigenvalue weighted by Gasteiger charge is 2.29. The van der Waals surface area contributed by atoms with Crippen molar-refractivity contribution in [1.29, 1.82) is 0 Å². The number of rotatable bonds is 1. The zero-order valence-electron chi connectivity index (χ0n) is 9.20. The van der Waals surface area contributed by atoms with Gasteiger partial charge in [-0.3, -0.25) is 0 Å². The Labute approximate surface area is 108 Å². The molecule has 1 saturated heterocycles. The van der Waals surface area contributed by atoms with Gasteiger partial charge >= 0.3 is 0 Å². The molecule has 4 nitrogen and oxygen atoms in total. The molecule has 1 aliphatic heterocycles. The van der Waals surface area contributed by atoms with Crippen molar-refractivity contribution in [1.82, 2.24) is 9.97 Å². The van der Waals surface area contributed by atoms with E-state index in [-0.39, 0.29) is 10.9 Å². The van der Waals surface area contributed by atoms with Crippen LogP contribution in [0.5, 0.6) is 0 Å². The van der Waals surface area contributed by atoms with Crippen molar-refractivity contribution < 1.29 is 4.74 Å². The summed E-state index contributed by atoms with van der Waals surface area (Å²) in [5.41, 5.74) is -0.158. The van der Waals surface area contributed by atoms with E-state index in [1.165, 1.54) is 0 Å². The van der Waals surface area contributed by atoms with Crippen LogP contribution in [0.15, 0.2) is 10.7 Å². The van der Waals surface area contributed by atoms with Gasteiger partial charge in [0.2, 0.25) is 5.28 Å². The summed E-state index contributed by atoms with van der Waals surface area (Å²) >= 11 is 9.24. The SMILES string of the molecule is CC1(C)CN(c2nc(Cl)ncc2Br)CCO1. The Hall–Kier alpha value is -0.390. The number of halogens is 2. The number of hydrogen-bond acceptors (Lipinski definition) is 4. The lowest BCUT2D eigenvalue weighted by molar-refractivity contribution is -0.0279. The molecule has 16 heavy (non-hydrogen) atoms. The van der Waals surface area contributed by atoms with Crippen LogP contribution in [0.2, 0.25) is 5.28 Å². The molecule has 0 N–H and O–H groups in total. The largest absolute Gasteiger partial charge is 0.372 e. The van der Waals surface area contributed by atoms with Gasteiger partial charge in [0, 0.05) is 19.3 Å². The minimum Gasteiger partial charge on any atom is -0.372 e. The molecule has 1 fully saturated rings. The Bertz CT molecular complexity index is 400. The van der Waals surface area contributed by atoms with Gasteiger partial charge in [-0.15, -0.1) is 0 Å². The van der Waals surface area contributed by atoms with Crippen LogP contribution in [0, 0.1) is 0 Å². The summed E-state index contributed by atoms with van der Waals surface area (Å²) in [4.78, 5) is 10.3. The molecule has 0 atom stereocenters. The van der Waals surface area contributed by atoms with Crippen LogP contribution >= 0.6 is 27.5 Å². The van der Waals surface area contributed by atoms with E-state index in [9.17, 15) is 0 Å². The highest BCUT2D eigenvalue weighted by molar-refractivity contribution is 9.10. The third-order valence-corrected chi connectivity index (χ3v) is 3.16. The zero-order valence-corrected chi connectivity index (χ0v) is 11.5. The van der Waals surface area contributed by atoms with E-state index in [4.69, 9.17) is 16.3 Å². The first kappa shape index (κ1) is 12.1. The van der Waals surface area contributed by atoms with E-state index in [1.54, 1.807) is 6.20 Å². The van der Waals surface area contributed by atoms with Crippen LogP contribution < -0.4 is 4.90 Å². The standard InChI is InChI=1S/C10H13BrClN3O/c1-10(2)6-15(3-4-16-10)8-7(11)5-13-9(12)14-8/h5H,3-4,6H2,1-2H3. The predicted molar refractivity (Wildman–Crippen MR) is 67.0 cm³/mol. The average Bonchev–Trinajstić information content (AvgIpc) is 2.20. The van der Waals surface area contributed by atoms with Gasteiger partial charge in [-0.2, -0.15) is 4.98 Å². The molecule has 88 valence electrons. The first-order valence-corrected chi connectivity index (χ1v) is 6.22. The summed E-state index contributed by atoms with van der Waals surface area (Å²) in [6.07, 6.45) is 1.67. The van der Waals surface area contributed by atoms with Crippen molar-refractivity contribution in [3.05, 3.63) is 16.0 Å².